The molecule has 2 aliphatic heterocycles. The Balaban J connectivity index is 1.29. The molecular weight excluding hydrogens is 394 g/mol. The Hall–Kier alpha value is -2.31. The smallest absolute Gasteiger partial charge is 0.306 e. The van der Waals surface area contributed by atoms with Crippen molar-refractivity contribution < 1.29 is 4.79 Å². The highest BCUT2D eigenvalue weighted by molar-refractivity contribution is 7.99. The van der Waals surface area contributed by atoms with E-state index in [0.29, 0.717) is 0 Å². The first-order valence-corrected chi connectivity index (χ1v) is 11.8. The molecule has 1 fully saturated rings. The van der Waals surface area contributed by atoms with E-state index in [0.717, 1.165) is 48.9 Å². The number of piperidine rings is 1. The third-order valence-electron chi connectivity index (χ3n) is 6.61. The number of nitrogens with zero attached hydrogens (tertiary/aromatic N) is 2. The molecule has 5 nitrogen and oxygen atoms in total. The predicted octanol–water partition coefficient (Wildman–Crippen LogP) is 4.28. The summed E-state index contributed by atoms with van der Waals surface area (Å²) in [4.78, 5) is 32.2. The van der Waals surface area contributed by atoms with Gasteiger partial charge in [0.15, 0.2) is 5.78 Å². The first kappa shape index (κ1) is 19.6. The fraction of sp³-hybridized carbons (Fsp3) is 0.417. The van der Waals surface area contributed by atoms with Crippen molar-refractivity contribution in [3.63, 3.8) is 0 Å². The minimum Gasteiger partial charge on any atom is -0.306 e. The van der Waals surface area contributed by atoms with Crippen molar-refractivity contribution in [3.05, 3.63) is 64.1 Å². The summed E-state index contributed by atoms with van der Waals surface area (Å²) in [6, 6.07) is 14.1. The van der Waals surface area contributed by atoms with Crippen molar-refractivity contribution in [2.24, 2.45) is 0 Å². The minimum absolute atomic E-state index is 0.0364. The van der Waals surface area contributed by atoms with E-state index in [4.69, 9.17) is 0 Å². The van der Waals surface area contributed by atoms with Crippen LogP contribution in [0.25, 0.3) is 11.0 Å². The maximum atomic E-state index is 13.2. The van der Waals surface area contributed by atoms with Crippen LogP contribution in [0.3, 0.4) is 0 Å². The molecule has 0 amide bonds. The molecule has 0 radical (unpaired) electrons. The number of nitrogens with one attached hydrogen (secondary N) is 1. The van der Waals surface area contributed by atoms with Crippen LogP contribution in [-0.2, 0) is 6.42 Å². The van der Waals surface area contributed by atoms with Gasteiger partial charge in [-0.2, -0.15) is 0 Å². The highest BCUT2D eigenvalue weighted by Crippen LogP contribution is 2.31. The number of thioether (sulfide) groups is 1. The number of fused-ring (bicyclic) bond motifs is 2. The van der Waals surface area contributed by atoms with Crippen LogP contribution in [0.15, 0.2) is 52.2 Å². The number of carbonyl (C=O) groups is 1. The summed E-state index contributed by atoms with van der Waals surface area (Å²) in [5, 5.41) is 0. The third kappa shape index (κ3) is 3.52. The molecule has 1 N–H and O–H groups in total. The van der Waals surface area contributed by atoms with Crippen molar-refractivity contribution in [1.82, 2.24) is 14.5 Å². The topological polar surface area (TPSA) is 58.1 Å². The summed E-state index contributed by atoms with van der Waals surface area (Å²) in [7, 11) is 0. The van der Waals surface area contributed by atoms with Crippen LogP contribution >= 0.6 is 11.8 Å². The van der Waals surface area contributed by atoms with Crippen LogP contribution in [0.5, 0.6) is 0 Å². The summed E-state index contributed by atoms with van der Waals surface area (Å²) in [5.74, 6) is 1.38. The second-order valence-corrected chi connectivity index (χ2v) is 9.54. The van der Waals surface area contributed by atoms with Crippen LogP contribution in [0, 0.1) is 0 Å². The fourth-order valence-electron chi connectivity index (χ4n) is 4.89. The monoisotopic (exact) mass is 421 g/mol. The average Bonchev–Trinajstić information content (AvgIpc) is 3.13. The molecule has 1 aromatic heterocycles. The zero-order valence-corrected chi connectivity index (χ0v) is 18.1. The van der Waals surface area contributed by atoms with E-state index in [1.807, 2.05) is 53.6 Å². The van der Waals surface area contributed by atoms with Gasteiger partial charge in [0, 0.05) is 29.6 Å². The number of imidazole rings is 1. The van der Waals surface area contributed by atoms with Crippen LogP contribution < -0.4 is 5.69 Å². The van der Waals surface area contributed by atoms with Gasteiger partial charge in [0.1, 0.15) is 0 Å². The van der Waals surface area contributed by atoms with Crippen molar-refractivity contribution in [2.75, 3.05) is 18.8 Å². The highest BCUT2D eigenvalue weighted by atomic mass is 32.2. The number of rotatable bonds is 4. The van der Waals surface area contributed by atoms with Crippen molar-refractivity contribution in [2.45, 2.75) is 49.6 Å². The minimum atomic E-state index is -0.139. The number of hydrogen-bond donors (Lipinski definition) is 1. The maximum Gasteiger partial charge on any atom is 0.326 e. The lowest BCUT2D eigenvalue weighted by molar-refractivity contribution is 0.0776. The van der Waals surface area contributed by atoms with Crippen molar-refractivity contribution in [3.8, 4) is 0 Å². The Morgan fingerprint density at radius 2 is 1.97 bits per heavy atom. The van der Waals surface area contributed by atoms with Crippen molar-refractivity contribution >= 4 is 28.6 Å². The molecule has 0 spiro atoms. The fourth-order valence-corrected chi connectivity index (χ4v) is 5.91. The Morgan fingerprint density at radius 3 is 2.80 bits per heavy atom. The van der Waals surface area contributed by atoms with Crippen LogP contribution in [0.2, 0.25) is 0 Å². The number of benzene rings is 2. The molecule has 1 saturated heterocycles. The molecule has 1 atom stereocenters. The standard InChI is InChI=1S/C24H27N3O2S/c1-16(23(28)18-8-9-22-17(15-18)5-4-14-30-22)26-12-10-19(11-13-26)27-21-7-3-2-6-20(21)25-24(27)29/h2-3,6-9,15-16,19H,4-5,10-14H2,1H3,(H,25,29). The van der Waals surface area contributed by atoms with E-state index in [1.54, 1.807) is 0 Å². The lowest BCUT2D eigenvalue weighted by Gasteiger charge is -2.35. The number of aryl methyl sites for hydroxylation is 1. The number of aromatic amines is 1. The molecule has 6 heteroatoms. The number of likely N-dealkylation sites (tertiary alicyclic amines) is 1. The average molecular weight is 422 g/mol. The number of carbonyl (C=O) groups excluding carboxylic acids is 1. The van der Waals surface area contributed by atoms with E-state index < -0.39 is 0 Å². The molecule has 156 valence electrons. The molecule has 0 saturated carbocycles. The first-order valence-electron chi connectivity index (χ1n) is 10.8. The molecule has 30 heavy (non-hydrogen) atoms. The molecule has 3 heterocycles. The van der Waals surface area contributed by atoms with Gasteiger partial charge < -0.3 is 4.98 Å². The van der Waals surface area contributed by atoms with Gasteiger partial charge in [0.05, 0.1) is 17.1 Å². The van der Waals surface area contributed by atoms with Gasteiger partial charge in [0.25, 0.3) is 0 Å². The first-order chi connectivity index (χ1) is 14.6. The summed E-state index contributed by atoms with van der Waals surface area (Å²) < 4.78 is 1.90. The van der Waals surface area contributed by atoms with Gasteiger partial charge in [-0.3, -0.25) is 14.3 Å². The second kappa shape index (κ2) is 8.08. The Kier molecular flexibility index (Phi) is 5.29. The molecule has 0 bridgehead atoms. The normalized spacial score (nSPS) is 19.0. The molecule has 2 aliphatic rings. The predicted molar refractivity (Wildman–Crippen MR) is 122 cm³/mol. The molecule has 1 unspecified atom stereocenters. The zero-order valence-electron chi connectivity index (χ0n) is 17.3. The lowest BCUT2D eigenvalue weighted by atomic mass is 9.97. The van der Waals surface area contributed by atoms with Crippen LogP contribution in [0.4, 0.5) is 0 Å². The van der Waals surface area contributed by atoms with E-state index in [1.165, 1.54) is 22.6 Å². The lowest BCUT2D eigenvalue weighted by Crippen LogP contribution is -2.45. The van der Waals surface area contributed by atoms with Gasteiger partial charge in [-0.05, 0) is 68.2 Å². The van der Waals surface area contributed by atoms with Crippen molar-refractivity contribution in [1.29, 1.82) is 0 Å². The van der Waals surface area contributed by atoms with E-state index >= 15 is 0 Å². The molecular formula is C24H27N3O2S. The number of hydrogen-bond acceptors (Lipinski definition) is 4. The van der Waals surface area contributed by atoms with E-state index in [-0.39, 0.29) is 23.6 Å². The SMILES string of the molecule is CC(C(=O)c1ccc2c(c1)CCCS2)N1CCC(n2c(=O)[nH]c3ccccc32)CC1. The Labute approximate surface area is 180 Å². The summed E-state index contributed by atoms with van der Waals surface area (Å²) in [5.41, 5.74) is 3.97. The number of para-hydroxylation sites is 2. The molecule has 0 aliphatic carbocycles. The highest BCUT2D eigenvalue weighted by Gasteiger charge is 2.29. The van der Waals surface area contributed by atoms with Gasteiger partial charge >= 0.3 is 5.69 Å². The quantitative estimate of drug-likeness (QED) is 0.639. The molecule has 3 aromatic rings. The van der Waals surface area contributed by atoms with Gasteiger partial charge in [-0.1, -0.05) is 18.2 Å². The maximum absolute atomic E-state index is 13.2. The number of H-pyrrole nitrogens is 1. The summed E-state index contributed by atoms with van der Waals surface area (Å²) in [6.45, 7) is 3.67. The zero-order chi connectivity index (χ0) is 20.7. The number of ketones is 1. The van der Waals surface area contributed by atoms with Gasteiger partial charge in [-0.15, -0.1) is 11.8 Å². The summed E-state index contributed by atoms with van der Waals surface area (Å²) >= 11 is 1.89. The Morgan fingerprint density at radius 1 is 1.17 bits per heavy atom. The Bertz CT molecular complexity index is 1140. The molecule has 5 rings (SSSR count). The second-order valence-electron chi connectivity index (χ2n) is 8.40. The largest absolute Gasteiger partial charge is 0.326 e. The van der Waals surface area contributed by atoms with Gasteiger partial charge in [0.2, 0.25) is 0 Å². The van der Waals surface area contributed by atoms with Crippen LogP contribution in [-0.4, -0.2) is 45.1 Å². The summed E-state index contributed by atoms with van der Waals surface area (Å²) in [6.07, 6.45) is 4.01. The van der Waals surface area contributed by atoms with Gasteiger partial charge in [-0.25, -0.2) is 4.79 Å². The van der Waals surface area contributed by atoms with Crippen LogP contribution in [0.1, 0.15) is 48.1 Å². The molecule has 2 aromatic carbocycles. The van der Waals surface area contributed by atoms with E-state index in [9.17, 15) is 9.59 Å². The number of aromatic nitrogens is 2. The number of Topliss-reactive ketones (excluding diaryl/α,β-unsaturated/α-hetero) is 1. The van der Waals surface area contributed by atoms with E-state index in [2.05, 4.69) is 22.0 Å². The third-order valence-corrected chi connectivity index (χ3v) is 7.81.